The largest absolute Gasteiger partial charge is 0.486 e. The quantitative estimate of drug-likeness (QED) is 0.343. The van der Waals surface area contributed by atoms with Crippen LogP contribution in [0, 0.1) is 0 Å². The lowest BCUT2D eigenvalue weighted by molar-refractivity contribution is -0.119. The number of ether oxygens (including phenoxy) is 1. The minimum atomic E-state index is -0.0902. The van der Waals surface area contributed by atoms with Crippen LogP contribution >= 0.6 is 0 Å². The Morgan fingerprint density at radius 2 is 1.80 bits per heavy atom. The summed E-state index contributed by atoms with van der Waals surface area (Å²) in [5, 5.41) is 7.23. The van der Waals surface area contributed by atoms with Crippen LogP contribution in [0.2, 0.25) is 0 Å². The van der Waals surface area contributed by atoms with E-state index in [9.17, 15) is 9.59 Å². The highest BCUT2D eigenvalue weighted by molar-refractivity contribution is 6.18. The van der Waals surface area contributed by atoms with Crippen molar-refractivity contribution in [1.29, 1.82) is 0 Å². The number of carbonyl (C=O) groups excluding carboxylic acids is 2. The number of fused-ring (bicyclic) bond motifs is 1. The third-order valence-electron chi connectivity index (χ3n) is 6.80. The third kappa shape index (κ3) is 5.37. The molecule has 1 unspecified atom stereocenters. The first kappa shape index (κ1) is 23.1. The first-order valence-electron chi connectivity index (χ1n) is 12.4. The number of ketones is 1. The average Bonchev–Trinajstić information content (AvgIpc) is 3.31. The maximum absolute atomic E-state index is 13.4. The van der Waals surface area contributed by atoms with Crippen LogP contribution in [-0.2, 0) is 4.79 Å². The Labute approximate surface area is 204 Å². The van der Waals surface area contributed by atoms with Crippen LogP contribution in [0.1, 0.15) is 67.8 Å². The molecule has 0 bridgehead atoms. The van der Waals surface area contributed by atoms with Crippen LogP contribution < -0.4 is 15.4 Å². The summed E-state index contributed by atoms with van der Waals surface area (Å²) in [5.74, 6) is 1.34. The minimum Gasteiger partial charge on any atom is -0.486 e. The molecule has 1 fully saturated rings. The summed E-state index contributed by atoms with van der Waals surface area (Å²) < 4.78 is 6.03. The first-order chi connectivity index (χ1) is 17.1. The van der Waals surface area contributed by atoms with Gasteiger partial charge in [-0.25, -0.2) is 9.97 Å². The summed E-state index contributed by atoms with van der Waals surface area (Å²) in [4.78, 5) is 36.7. The van der Waals surface area contributed by atoms with Crippen LogP contribution in [0.5, 0.6) is 5.75 Å². The standard InChI is InChI=1S/C27H31N5O3/c1-17(33)31-19-9-11-20(12-10-19)32-27-24-23(15-28-26(24)29-16-30-27)25(34)18-7-13-22(14-8-18)35-21-5-3-2-4-6-21/h3,5,7-8,13-16,19-21H,2,4,6,9-12H2,1H3,(H,31,33)(H2,28,29,30,32). The Balaban J connectivity index is 1.31. The second kappa shape index (κ2) is 10.3. The molecule has 0 radical (unpaired) electrons. The smallest absolute Gasteiger partial charge is 0.217 e. The van der Waals surface area contributed by atoms with Gasteiger partial charge in [-0.3, -0.25) is 9.59 Å². The SMILES string of the molecule is CC(=O)NC1CCC(Nc2ncnc3[nH]cc(C(=O)c4ccc(OC5C=CCCC5)cc4)c23)CC1. The number of rotatable bonds is 7. The second-order valence-electron chi connectivity index (χ2n) is 9.41. The van der Waals surface area contributed by atoms with Gasteiger partial charge >= 0.3 is 0 Å². The molecule has 1 saturated carbocycles. The van der Waals surface area contributed by atoms with Gasteiger partial charge in [0.25, 0.3) is 0 Å². The van der Waals surface area contributed by atoms with Crippen molar-refractivity contribution in [2.24, 2.45) is 0 Å². The molecule has 35 heavy (non-hydrogen) atoms. The van der Waals surface area contributed by atoms with Crippen molar-refractivity contribution < 1.29 is 14.3 Å². The number of carbonyl (C=O) groups is 2. The molecule has 3 aromatic rings. The van der Waals surface area contributed by atoms with Gasteiger partial charge in [0.2, 0.25) is 5.91 Å². The number of aromatic amines is 1. The van der Waals surface area contributed by atoms with Crippen molar-refractivity contribution in [2.75, 3.05) is 5.32 Å². The molecule has 2 aromatic heterocycles. The lowest BCUT2D eigenvalue weighted by Crippen LogP contribution is -2.39. The molecule has 1 atom stereocenters. The van der Waals surface area contributed by atoms with E-state index < -0.39 is 0 Å². The summed E-state index contributed by atoms with van der Waals surface area (Å²) in [6, 6.07) is 7.77. The number of anilines is 1. The molecule has 1 aromatic carbocycles. The predicted molar refractivity (Wildman–Crippen MR) is 135 cm³/mol. The summed E-state index contributed by atoms with van der Waals surface area (Å²) in [5.41, 5.74) is 1.75. The number of aromatic nitrogens is 3. The topological polar surface area (TPSA) is 109 Å². The van der Waals surface area contributed by atoms with Crippen LogP contribution in [0.4, 0.5) is 5.82 Å². The summed E-state index contributed by atoms with van der Waals surface area (Å²) >= 11 is 0. The summed E-state index contributed by atoms with van der Waals surface area (Å²) in [7, 11) is 0. The van der Waals surface area contributed by atoms with Gasteiger partial charge in [0, 0.05) is 30.8 Å². The number of nitrogens with one attached hydrogen (secondary N) is 3. The Hall–Kier alpha value is -3.68. The Morgan fingerprint density at radius 3 is 2.51 bits per heavy atom. The summed E-state index contributed by atoms with van der Waals surface area (Å²) in [6.07, 6.45) is 14.5. The molecule has 2 aliphatic rings. The van der Waals surface area contributed by atoms with Crippen LogP contribution in [0.3, 0.4) is 0 Å². The molecule has 0 saturated heterocycles. The monoisotopic (exact) mass is 473 g/mol. The summed E-state index contributed by atoms with van der Waals surface area (Å²) in [6.45, 7) is 1.56. The normalized spacial score (nSPS) is 22.0. The fourth-order valence-corrected chi connectivity index (χ4v) is 5.01. The zero-order valence-corrected chi connectivity index (χ0v) is 19.9. The molecule has 182 valence electrons. The van der Waals surface area contributed by atoms with Crippen molar-refractivity contribution in [3.8, 4) is 5.75 Å². The van der Waals surface area contributed by atoms with Crippen molar-refractivity contribution in [3.05, 3.63) is 60.1 Å². The van der Waals surface area contributed by atoms with Crippen molar-refractivity contribution in [2.45, 2.75) is 70.1 Å². The highest BCUT2D eigenvalue weighted by Gasteiger charge is 2.24. The van der Waals surface area contributed by atoms with Crippen LogP contribution in [-0.4, -0.2) is 44.8 Å². The molecular formula is C27H31N5O3. The minimum absolute atomic E-state index is 0.0137. The molecule has 2 heterocycles. The third-order valence-corrected chi connectivity index (χ3v) is 6.80. The Morgan fingerprint density at radius 1 is 1.03 bits per heavy atom. The molecule has 3 N–H and O–H groups in total. The van der Waals surface area contributed by atoms with E-state index in [0.29, 0.717) is 28.0 Å². The average molecular weight is 474 g/mol. The van der Waals surface area contributed by atoms with Crippen LogP contribution in [0.15, 0.2) is 48.9 Å². The van der Waals surface area contributed by atoms with Gasteiger partial charge in [-0.2, -0.15) is 0 Å². The van der Waals surface area contributed by atoms with Gasteiger partial charge < -0.3 is 20.4 Å². The molecule has 0 aliphatic heterocycles. The number of H-pyrrole nitrogens is 1. The fourth-order valence-electron chi connectivity index (χ4n) is 5.01. The molecular weight excluding hydrogens is 442 g/mol. The fraction of sp³-hybridized carbons (Fsp3) is 0.407. The predicted octanol–water partition coefficient (Wildman–Crippen LogP) is 4.54. The molecule has 1 amide bonds. The number of nitrogens with zero attached hydrogens (tertiary/aromatic N) is 2. The maximum atomic E-state index is 13.4. The van der Waals surface area contributed by atoms with Gasteiger partial charge in [-0.1, -0.05) is 6.08 Å². The van der Waals surface area contributed by atoms with Gasteiger partial charge in [0.15, 0.2) is 5.78 Å². The number of hydrogen-bond acceptors (Lipinski definition) is 6. The van der Waals surface area contributed by atoms with E-state index in [2.05, 4.69) is 37.7 Å². The van der Waals surface area contributed by atoms with Gasteiger partial charge in [0.1, 0.15) is 29.6 Å². The van der Waals surface area contributed by atoms with Crippen molar-refractivity contribution >= 4 is 28.5 Å². The van der Waals surface area contributed by atoms with Gasteiger partial charge in [-0.05, 0) is 75.3 Å². The molecule has 8 heteroatoms. The van der Waals surface area contributed by atoms with Crippen molar-refractivity contribution in [1.82, 2.24) is 20.3 Å². The highest BCUT2D eigenvalue weighted by Crippen LogP contribution is 2.29. The molecule has 2 aliphatic carbocycles. The van der Waals surface area contributed by atoms with E-state index in [4.69, 9.17) is 4.74 Å². The van der Waals surface area contributed by atoms with E-state index in [0.717, 1.165) is 50.7 Å². The first-order valence-corrected chi connectivity index (χ1v) is 12.4. The van der Waals surface area contributed by atoms with E-state index >= 15 is 0 Å². The number of hydrogen-bond donors (Lipinski definition) is 3. The highest BCUT2D eigenvalue weighted by atomic mass is 16.5. The van der Waals surface area contributed by atoms with E-state index in [1.54, 1.807) is 13.1 Å². The second-order valence-corrected chi connectivity index (χ2v) is 9.41. The molecule has 0 spiro atoms. The number of allylic oxidation sites excluding steroid dienone is 1. The lowest BCUT2D eigenvalue weighted by atomic mass is 9.91. The van der Waals surface area contributed by atoms with Crippen LogP contribution in [0.25, 0.3) is 11.0 Å². The Kier molecular flexibility index (Phi) is 6.79. The molecule has 5 rings (SSSR count). The maximum Gasteiger partial charge on any atom is 0.217 e. The lowest BCUT2D eigenvalue weighted by Gasteiger charge is -2.29. The zero-order valence-electron chi connectivity index (χ0n) is 19.9. The number of amides is 1. The molecule has 8 nitrogen and oxygen atoms in total. The van der Waals surface area contributed by atoms with Gasteiger partial charge in [-0.15, -0.1) is 0 Å². The zero-order chi connectivity index (χ0) is 24.2. The Bertz CT molecular complexity index is 1230. The van der Waals surface area contributed by atoms with E-state index in [1.165, 1.54) is 6.33 Å². The van der Waals surface area contributed by atoms with Crippen molar-refractivity contribution in [3.63, 3.8) is 0 Å². The van der Waals surface area contributed by atoms with Gasteiger partial charge in [0.05, 0.1) is 10.9 Å². The van der Waals surface area contributed by atoms with E-state index in [1.807, 2.05) is 24.3 Å². The van der Waals surface area contributed by atoms with E-state index in [-0.39, 0.29) is 29.9 Å². The number of benzene rings is 1.